The molecule has 2 aromatic carbocycles. The molecule has 3 rings (SSSR count). The Morgan fingerprint density at radius 1 is 1.33 bits per heavy atom. The molecule has 0 bridgehead atoms. The number of nitrogens with one attached hydrogen (secondary N) is 1. The van der Waals surface area contributed by atoms with E-state index in [0.29, 0.717) is 6.42 Å². The Hall–Kier alpha value is -3.49. The van der Waals surface area contributed by atoms with Crippen LogP contribution in [0.3, 0.4) is 0 Å². The number of carbonyl (C=O) groups excluding carboxylic acids is 2. The first kappa shape index (κ1) is 18.3. The average Bonchev–Trinajstić information content (AvgIpc) is 2.65. The van der Waals surface area contributed by atoms with Gasteiger partial charge in [0.2, 0.25) is 5.91 Å². The Kier molecular flexibility index (Phi) is 5.02. The predicted octanol–water partition coefficient (Wildman–Crippen LogP) is 2.88. The van der Waals surface area contributed by atoms with Crippen LogP contribution in [0.2, 0.25) is 0 Å². The largest absolute Gasteiger partial charge is 0.478 e. The summed E-state index contributed by atoms with van der Waals surface area (Å²) in [6.45, 7) is 1.32. The summed E-state index contributed by atoms with van der Waals surface area (Å²) in [4.78, 5) is 36.5. The van der Waals surface area contributed by atoms with Crippen molar-refractivity contribution in [1.82, 2.24) is 0 Å². The van der Waals surface area contributed by atoms with Gasteiger partial charge in [-0.3, -0.25) is 24.6 Å². The molecule has 2 aromatic rings. The van der Waals surface area contributed by atoms with E-state index in [-0.39, 0.29) is 22.8 Å². The fourth-order valence-corrected chi connectivity index (χ4v) is 2.74. The normalized spacial score (nSPS) is 15.7. The molecule has 1 unspecified atom stereocenters. The number of fused-ring (bicyclic) bond motifs is 1. The zero-order chi connectivity index (χ0) is 19.6. The molecule has 1 aliphatic heterocycles. The maximum atomic E-state index is 13.7. The third-order valence-corrected chi connectivity index (χ3v) is 4.08. The van der Waals surface area contributed by atoms with Crippen molar-refractivity contribution in [3.05, 3.63) is 58.4 Å². The fourth-order valence-electron chi connectivity index (χ4n) is 2.74. The van der Waals surface area contributed by atoms with E-state index in [1.807, 2.05) is 0 Å². The number of ether oxygens (including phenoxy) is 1. The van der Waals surface area contributed by atoms with Crippen molar-refractivity contribution in [1.29, 1.82) is 0 Å². The van der Waals surface area contributed by atoms with Gasteiger partial charge in [0.05, 0.1) is 16.3 Å². The van der Waals surface area contributed by atoms with Gasteiger partial charge in [-0.2, -0.15) is 0 Å². The van der Waals surface area contributed by atoms with E-state index in [9.17, 15) is 24.1 Å². The van der Waals surface area contributed by atoms with E-state index in [2.05, 4.69) is 5.32 Å². The number of carbonyl (C=O) groups is 2. The molecule has 0 saturated carbocycles. The van der Waals surface area contributed by atoms with Crippen molar-refractivity contribution in [2.75, 3.05) is 16.8 Å². The molecule has 0 aromatic heterocycles. The van der Waals surface area contributed by atoms with E-state index in [1.54, 1.807) is 13.0 Å². The summed E-state index contributed by atoms with van der Waals surface area (Å²) in [5, 5.41) is 13.4. The molecule has 1 atom stereocenters. The molecule has 1 N–H and O–H groups in total. The van der Waals surface area contributed by atoms with Crippen molar-refractivity contribution in [2.45, 2.75) is 19.4 Å². The lowest BCUT2D eigenvalue weighted by Gasteiger charge is -2.33. The van der Waals surface area contributed by atoms with Crippen LogP contribution >= 0.6 is 0 Å². The Morgan fingerprint density at radius 2 is 2.07 bits per heavy atom. The molecule has 2 amide bonds. The number of amides is 2. The maximum absolute atomic E-state index is 13.7. The zero-order valence-corrected chi connectivity index (χ0v) is 14.3. The number of halogens is 1. The molecule has 0 aliphatic carbocycles. The van der Waals surface area contributed by atoms with Crippen LogP contribution in [0.5, 0.6) is 5.75 Å². The van der Waals surface area contributed by atoms with Gasteiger partial charge >= 0.3 is 0 Å². The maximum Gasteiger partial charge on any atom is 0.271 e. The second-order valence-electron chi connectivity index (χ2n) is 5.88. The fraction of sp³-hybridized carbons (Fsp3) is 0.222. The minimum atomic E-state index is -0.805. The first-order valence-electron chi connectivity index (χ1n) is 8.21. The highest BCUT2D eigenvalue weighted by Gasteiger charge is 2.35. The quantitative estimate of drug-likeness (QED) is 0.641. The molecular weight excluding hydrogens is 357 g/mol. The standard InChI is InChI=1S/C18H16FN3O5/c1-2-15-18(24)21(10-17(23)20-13-6-4-3-5-12(13)19)14-9-11(22(25)26)7-8-16(14)27-15/h3-9,15H,2,10H2,1H3,(H,20,23). The summed E-state index contributed by atoms with van der Waals surface area (Å²) in [5.74, 6) is -1.47. The Balaban J connectivity index is 1.89. The average molecular weight is 373 g/mol. The molecule has 8 nitrogen and oxygen atoms in total. The van der Waals surface area contributed by atoms with Crippen LogP contribution in [-0.4, -0.2) is 29.4 Å². The van der Waals surface area contributed by atoms with Gasteiger partial charge in [-0.25, -0.2) is 4.39 Å². The van der Waals surface area contributed by atoms with Gasteiger partial charge < -0.3 is 10.1 Å². The van der Waals surface area contributed by atoms with Crippen molar-refractivity contribution in [3.63, 3.8) is 0 Å². The second-order valence-corrected chi connectivity index (χ2v) is 5.88. The number of rotatable bonds is 5. The minimum Gasteiger partial charge on any atom is -0.478 e. The molecule has 0 fully saturated rings. The molecule has 1 aliphatic rings. The number of para-hydroxylation sites is 1. The van der Waals surface area contributed by atoms with Gasteiger partial charge in [-0.15, -0.1) is 0 Å². The number of hydrogen-bond acceptors (Lipinski definition) is 5. The molecule has 140 valence electrons. The van der Waals surface area contributed by atoms with E-state index >= 15 is 0 Å². The molecule has 1 heterocycles. The lowest BCUT2D eigenvalue weighted by molar-refractivity contribution is -0.384. The number of nitro benzene ring substituents is 1. The Labute approximate surface area is 153 Å². The zero-order valence-electron chi connectivity index (χ0n) is 14.3. The second kappa shape index (κ2) is 7.40. The molecule has 0 saturated heterocycles. The predicted molar refractivity (Wildman–Crippen MR) is 95.2 cm³/mol. The van der Waals surface area contributed by atoms with Crippen LogP contribution in [0.15, 0.2) is 42.5 Å². The summed E-state index contributed by atoms with van der Waals surface area (Å²) in [5.41, 5.74) is -0.128. The number of anilines is 2. The van der Waals surface area contributed by atoms with Gasteiger partial charge in [0.15, 0.2) is 6.10 Å². The minimum absolute atomic E-state index is 0.0190. The molecule has 0 radical (unpaired) electrons. The van der Waals surface area contributed by atoms with E-state index in [4.69, 9.17) is 4.74 Å². The van der Waals surface area contributed by atoms with Crippen molar-refractivity contribution >= 4 is 28.9 Å². The molecule has 27 heavy (non-hydrogen) atoms. The molecular formula is C18H16FN3O5. The molecule has 9 heteroatoms. The van der Waals surface area contributed by atoms with Gasteiger partial charge in [0.25, 0.3) is 11.6 Å². The number of nitro groups is 1. The number of hydrogen-bond donors (Lipinski definition) is 1. The first-order valence-corrected chi connectivity index (χ1v) is 8.21. The smallest absolute Gasteiger partial charge is 0.271 e. The number of nitrogens with zero attached hydrogens (tertiary/aromatic N) is 2. The highest BCUT2D eigenvalue weighted by atomic mass is 19.1. The third kappa shape index (κ3) is 3.71. The Bertz CT molecular complexity index is 918. The molecule has 0 spiro atoms. The van der Waals surface area contributed by atoms with E-state index < -0.39 is 35.2 Å². The highest BCUT2D eigenvalue weighted by Crippen LogP contribution is 2.37. The number of non-ortho nitro benzene ring substituents is 1. The van der Waals surface area contributed by atoms with Crippen molar-refractivity contribution in [2.24, 2.45) is 0 Å². The van der Waals surface area contributed by atoms with Crippen LogP contribution in [0.1, 0.15) is 13.3 Å². The topological polar surface area (TPSA) is 102 Å². The highest BCUT2D eigenvalue weighted by molar-refractivity contribution is 6.06. The van der Waals surface area contributed by atoms with Gasteiger partial charge in [-0.05, 0) is 24.6 Å². The Morgan fingerprint density at radius 3 is 2.74 bits per heavy atom. The van der Waals surface area contributed by atoms with Crippen LogP contribution in [0.4, 0.5) is 21.5 Å². The van der Waals surface area contributed by atoms with Crippen molar-refractivity contribution < 1.29 is 23.6 Å². The van der Waals surface area contributed by atoms with Crippen LogP contribution in [0, 0.1) is 15.9 Å². The summed E-state index contributed by atoms with van der Waals surface area (Å²) >= 11 is 0. The third-order valence-electron chi connectivity index (χ3n) is 4.08. The van der Waals surface area contributed by atoms with E-state index in [0.717, 1.165) is 4.90 Å². The SMILES string of the molecule is CCC1Oc2ccc([N+](=O)[O-])cc2N(CC(=O)Nc2ccccc2F)C1=O. The lowest BCUT2D eigenvalue weighted by atomic mass is 10.1. The summed E-state index contributed by atoms with van der Waals surface area (Å²) in [6, 6.07) is 9.46. The van der Waals surface area contributed by atoms with E-state index in [1.165, 1.54) is 36.4 Å². The van der Waals surface area contributed by atoms with Gasteiger partial charge in [-0.1, -0.05) is 19.1 Å². The summed E-state index contributed by atoms with van der Waals surface area (Å²) < 4.78 is 19.3. The monoisotopic (exact) mass is 373 g/mol. The van der Waals surface area contributed by atoms with Crippen LogP contribution in [0.25, 0.3) is 0 Å². The first-order chi connectivity index (χ1) is 12.9. The number of benzene rings is 2. The van der Waals surface area contributed by atoms with Gasteiger partial charge in [0, 0.05) is 12.1 Å². The lowest BCUT2D eigenvalue weighted by Crippen LogP contribution is -2.48. The van der Waals surface area contributed by atoms with Crippen LogP contribution < -0.4 is 15.0 Å². The van der Waals surface area contributed by atoms with Gasteiger partial charge in [0.1, 0.15) is 18.1 Å². The summed E-state index contributed by atoms with van der Waals surface area (Å²) in [7, 11) is 0. The van der Waals surface area contributed by atoms with Crippen LogP contribution in [-0.2, 0) is 9.59 Å². The van der Waals surface area contributed by atoms with Crippen molar-refractivity contribution in [3.8, 4) is 5.75 Å². The summed E-state index contributed by atoms with van der Waals surface area (Å²) in [6.07, 6.45) is -0.444.